The van der Waals surface area contributed by atoms with Crippen LogP contribution in [0.5, 0.6) is 0 Å². The van der Waals surface area contributed by atoms with Gasteiger partial charge in [-0.3, -0.25) is 9.69 Å². The van der Waals surface area contributed by atoms with Crippen LogP contribution < -0.4 is 11.1 Å². The number of hydrogen-bond donors (Lipinski definition) is 2. The Labute approximate surface area is 148 Å². The third kappa shape index (κ3) is 6.32. The summed E-state index contributed by atoms with van der Waals surface area (Å²) in [5.74, 6) is 0.0286. The molecule has 1 aromatic rings. The first kappa shape index (κ1) is 19.1. The predicted octanol–water partition coefficient (Wildman–Crippen LogP) is 2.16. The number of carbonyl (C=O) groups excluding carboxylic acids is 1. The van der Waals surface area contributed by atoms with Crippen LogP contribution in [-0.2, 0) is 16.1 Å². The molecule has 1 aliphatic rings. The third-order valence-electron chi connectivity index (χ3n) is 4.32. The maximum atomic E-state index is 13.5. The lowest BCUT2D eigenvalue weighted by molar-refractivity contribution is -0.116. The van der Waals surface area contributed by atoms with E-state index in [9.17, 15) is 9.18 Å². The standard InChI is InChI=1S/C19H26FN3O2/c1-15(19(24)22-9-8-21)12-23-10-6-16(7-11-23)13-25-14-17-4-2-3-5-18(17)20/h2-5,8-9,16H,1,6-7,10-14,21H2,(H,22,24)/b9-8-. The zero-order valence-corrected chi connectivity index (χ0v) is 14.4. The molecule has 1 aliphatic heterocycles. The topological polar surface area (TPSA) is 67.6 Å². The number of carbonyl (C=O) groups is 1. The molecule has 6 heteroatoms. The quantitative estimate of drug-likeness (QED) is 0.707. The number of benzene rings is 1. The van der Waals surface area contributed by atoms with Crippen molar-refractivity contribution in [2.75, 3.05) is 26.2 Å². The van der Waals surface area contributed by atoms with Crippen molar-refractivity contribution in [1.82, 2.24) is 10.2 Å². The molecule has 1 saturated heterocycles. The third-order valence-corrected chi connectivity index (χ3v) is 4.32. The van der Waals surface area contributed by atoms with Crippen molar-refractivity contribution in [3.05, 3.63) is 60.2 Å². The van der Waals surface area contributed by atoms with Crippen LogP contribution in [0, 0.1) is 11.7 Å². The summed E-state index contributed by atoms with van der Waals surface area (Å²) in [5.41, 5.74) is 6.31. The SMILES string of the molecule is C=C(CN1CCC(COCc2ccccc2F)CC1)C(=O)N/C=C\N. The molecule has 2 rings (SSSR count). The summed E-state index contributed by atoms with van der Waals surface area (Å²) in [7, 11) is 0. The molecule has 0 spiro atoms. The number of nitrogens with one attached hydrogen (secondary N) is 1. The average Bonchev–Trinajstić information content (AvgIpc) is 2.62. The summed E-state index contributed by atoms with van der Waals surface area (Å²) in [6, 6.07) is 6.68. The van der Waals surface area contributed by atoms with E-state index in [0.717, 1.165) is 25.9 Å². The normalized spacial score (nSPS) is 16.2. The molecular weight excluding hydrogens is 321 g/mol. The number of nitrogens with two attached hydrogens (primary N) is 1. The molecule has 5 nitrogen and oxygen atoms in total. The molecule has 0 atom stereocenters. The zero-order valence-electron chi connectivity index (χ0n) is 14.4. The first-order valence-electron chi connectivity index (χ1n) is 8.49. The van der Waals surface area contributed by atoms with Gasteiger partial charge in [-0.25, -0.2) is 4.39 Å². The summed E-state index contributed by atoms with van der Waals surface area (Å²) in [5, 5.41) is 2.56. The number of halogens is 1. The molecule has 25 heavy (non-hydrogen) atoms. The van der Waals surface area contributed by atoms with Crippen LogP contribution >= 0.6 is 0 Å². The van der Waals surface area contributed by atoms with E-state index in [1.165, 1.54) is 18.5 Å². The van der Waals surface area contributed by atoms with E-state index < -0.39 is 0 Å². The first-order valence-corrected chi connectivity index (χ1v) is 8.49. The fraction of sp³-hybridized carbons (Fsp3) is 0.421. The Kier molecular flexibility index (Phi) is 7.63. The van der Waals surface area contributed by atoms with Crippen molar-refractivity contribution in [2.24, 2.45) is 11.7 Å². The van der Waals surface area contributed by atoms with Crippen molar-refractivity contribution < 1.29 is 13.9 Å². The second-order valence-electron chi connectivity index (χ2n) is 6.26. The van der Waals surface area contributed by atoms with E-state index in [0.29, 0.717) is 36.8 Å². The number of likely N-dealkylation sites (tertiary alicyclic amines) is 1. The molecule has 0 radical (unpaired) electrons. The van der Waals surface area contributed by atoms with Gasteiger partial charge in [-0.2, -0.15) is 0 Å². The van der Waals surface area contributed by atoms with Crippen LogP contribution in [0.15, 0.2) is 48.8 Å². The summed E-state index contributed by atoms with van der Waals surface area (Å²) >= 11 is 0. The number of amides is 1. The second-order valence-corrected chi connectivity index (χ2v) is 6.26. The Morgan fingerprint density at radius 3 is 2.80 bits per heavy atom. The molecule has 136 valence electrons. The zero-order chi connectivity index (χ0) is 18.1. The van der Waals surface area contributed by atoms with Gasteiger partial charge in [0.25, 0.3) is 5.91 Å². The number of rotatable bonds is 8. The molecule has 1 heterocycles. The Morgan fingerprint density at radius 1 is 1.40 bits per heavy atom. The molecule has 1 amide bonds. The number of piperidine rings is 1. The smallest absolute Gasteiger partial charge is 0.251 e. The Balaban J connectivity index is 1.65. The van der Waals surface area contributed by atoms with E-state index in [1.54, 1.807) is 12.1 Å². The summed E-state index contributed by atoms with van der Waals surface area (Å²) in [6.45, 7) is 7.10. The summed E-state index contributed by atoms with van der Waals surface area (Å²) < 4.78 is 19.2. The fourth-order valence-electron chi connectivity index (χ4n) is 2.83. The van der Waals surface area contributed by atoms with E-state index in [4.69, 9.17) is 10.5 Å². The highest BCUT2D eigenvalue weighted by atomic mass is 19.1. The van der Waals surface area contributed by atoms with Gasteiger partial charge in [0.05, 0.1) is 6.61 Å². The van der Waals surface area contributed by atoms with Gasteiger partial charge in [0.1, 0.15) is 5.82 Å². The van der Waals surface area contributed by atoms with Crippen LogP contribution in [0.25, 0.3) is 0 Å². The van der Waals surface area contributed by atoms with E-state index in [2.05, 4.69) is 16.8 Å². The minimum atomic E-state index is -0.224. The maximum absolute atomic E-state index is 13.5. The number of ether oxygens (including phenoxy) is 1. The minimum absolute atomic E-state index is 0.211. The molecular formula is C19H26FN3O2. The minimum Gasteiger partial charge on any atom is -0.403 e. The van der Waals surface area contributed by atoms with Crippen LogP contribution in [-0.4, -0.2) is 37.0 Å². The molecule has 0 bridgehead atoms. The molecule has 0 aromatic heterocycles. The van der Waals surface area contributed by atoms with Crippen molar-refractivity contribution >= 4 is 5.91 Å². The van der Waals surface area contributed by atoms with Crippen LogP contribution in [0.3, 0.4) is 0 Å². The van der Waals surface area contributed by atoms with Gasteiger partial charge in [0.2, 0.25) is 0 Å². The largest absolute Gasteiger partial charge is 0.403 e. The lowest BCUT2D eigenvalue weighted by atomic mass is 9.97. The lowest BCUT2D eigenvalue weighted by Gasteiger charge is -2.32. The van der Waals surface area contributed by atoms with E-state index in [-0.39, 0.29) is 11.7 Å². The van der Waals surface area contributed by atoms with Crippen molar-refractivity contribution in [3.8, 4) is 0 Å². The van der Waals surface area contributed by atoms with Crippen molar-refractivity contribution in [3.63, 3.8) is 0 Å². The summed E-state index contributed by atoms with van der Waals surface area (Å²) in [4.78, 5) is 14.0. The van der Waals surface area contributed by atoms with Gasteiger partial charge in [-0.1, -0.05) is 24.8 Å². The monoisotopic (exact) mass is 347 g/mol. The highest BCUT2D eigenvalue weighted by Crippen LogP contribution is 2.19. The van der Waals surface area contributed by atoms with Crippen LogP contribution in [0.2, 0.25) is 0 Å². The highest BCUT2D eigenvalue weighted by Gasteiger charge is 2.21. The molecule has 1 aromatic carbocycles. The van der Waals surface area contributed by atoms with Crippen molar-refractivity contribution in [2.45, 2.75) is 19.4 Å². The average molecular weight is 347 g/mol. The second kappa shape index (κ2) is 9.96. The lowest BCUT2D eigenvalue weighted by Crippen LogP contribution is -2.38. The van der Waals surface area contributed by atoms with Gasteiger partial charge in [0, 0.05) is 36.7 Å². The Bertz CT molecular complexity index is 610. The Morgan fingerprint density at radius 2 is 2.12 bits per heavy atom. The van der Waals surface area contributed by atoms with Crippen LogP contribution in [0.1, 0.15) is 18.4 Å². The van der Waals surface area contributed by atoms with E-state index >= 15 is 0 Å². The molecule has 0 aliphatic carbocycles. The van der Waals surface area contributed by atoms with Gasteiger partial charge < -0.3 is 15.8 Å². The van der Waals surface area contributed by atoms with Crippen molar-refractivity contribution in [1.29, 1.82) is 0 Å². The predicted molar refractivity (Wildman–Crippen MR) is 95.8 cm³/mol. The first-order chi connectivity index (χ1) is 12.1. The maximum Gasteiger partial charge on any atom is 0.251 e. The van der Waals surface area contributed by atoms with Gasteiger partial charge in [0.15, 0.2) is 0 Å². The highest BCUT2D eigenvalue weighted by molar-refractivity contribution is 5.93. The Hall–Kier alpha value is -2.18. The number of nitrogens with zero attached hydrogens (tertiary/aromatic N) is 1. The van der Waals surface area contributed by atoms with Gasteiger partial charge >= 0.3 is 0 Å². The van der Waals surface area contributed by atoms with Gasteiger partial charge in [-0.05, 0) is 37.9 Å². The molecule has 3 N–H and O–H groups in total. The number of hydrogen-bond acceptors (Lipinski definition) is 4. The fourth-order valence-corrected chi connectivity index (χ4v) is 2.83. The molecule has 0 unspecified atom stereocenters. The molecule has 0 saturated carbocycles. The van der Waals surface area contributed by atoms with Crippen LogP contribution in [0.4, 0.5) is 4.39 Å². The summed E-state index contributed by atoms with van der Waals surface area (Å²) in [6.07, 6.45) is 4.66. The van der Waals surface area contributed by atoms with E-state index in [1.807, 2.05) is 6.07 Å². The molecule has 1 fully saturated rings. The van der Waals surface area contributed by atoms with Gasteiger partial charge in [-0.15, -0.1) is 0 Å².